The number of nitrogens with two attached hydrogens (primary N) is 1. The molecule has 3 rings (SSSR count). The Morgan fingerprint density at radius 2 is 1.80 bits per heavy atom. The molecule has 1 heterocycles. The average Bonchev–Trinajstić information content (AvgIpc) is 2.70. The number of imide groups is 2. The summed E-state index contributed by atoms with van der Waals surface area (Å²) in [7, 11) is 0. The minimum Gasteiger partial charge on any atom is -0.483 e. The minimum absolute atomic E-state index is 0.0414. The molecule has 30 heavy (non-hydrogen) atoms. The second-order valence-electron chi connectivity index (χ2n) is 6.02. The molecule has 0 aliphatic carbocycles. The number of nitro benzene ring substituents is 1. The van der Waals surface area contributed by atoms with Gasteiger partial charge in [0, 0.05) is 17.7 Å². The van der Waals surface area contributed by atoms with Gasteiger partial charge in [0.25, 0.3) is 23.4 Å². The van der Waals surface area contributed by atoms with Crippen LogP contribution in [0.3, 0.4) is 0 Å². The van der Waals surface area contributed by atoms with Crippen LogP contribution in [0.2, 0.25) is 0 Å². The predicted octanol–water partition coefficient (Wildman–Crippen LogP) is 1.13. The third-order valence-corrected chi connectivity index (χ3v) is 4.01. The van der Waals surface area contributed by atoms with Crippen LogP contribution in [0.1, 0.15) is 5.56 Å². The van der Waals surface area contributed by atoms with Crippen LogP contribution >= 0.6 is 0 Å². The normalized spacial score (nSPS) is 15.1. The van der Waals surface area contributed by atoms with Gasteiger partial charge in [0.1, 0.15) is 11.3 Å². The van der Waals surface area contributed by atoms with Gasteiger partial charge in [-0.2, -0.15) is 0 Å². The van der Waals surface area contributed by atoms with Crippen LogP contribution in [0.25, 0.3) is 6.08 Å². The lowest BCUT2D eigenvalue weighted by Crippen LogP contribution is -2.54. The van der Waals surface area contributed by atoms with Crippen molar-refractivity contribution in [3.05, 3.63) is 69.8 Å². The van der Waals surface area contributed by atoms with Crippen molar-refractivity contribution in [2.24, 2.45) is 5.73 Å². The SMILES string of the molecule is NC(=O)COc1ccccc1/C=C1\C(=O)NC(=O)N(c2ccc([N+](=O)[O-])cc2)C1=O. The number of amides is 5. The zero-order valence-electron chi connectivity index (χ0n) is 15.2. The van der Waals surface area contributed by atoms with Crippen molar-refractivity contribution in [3.8, 4) is 5.75 Å². The van der Waals surface area contributed by atoms with Crippen molar-refractivity contribution in [2.75, 3.05) is 11.5 Å². The number of anilines is 1. The zero-order valence-corrected chi connectivity index (χ0v) is 15.2. The van der Waals surface area contributed by atoms with Gasteiger partial charge in [0.2, 0.25) is 0 Å². The van der Waals surface area contributed by atoms with Crippen LogP contribution in [0.4, 0.5) is 16.2 Å². The maximum absolute atomic E-state index is 12.9. The van der Waals surface area contributed by atoms with Crippen molar-refractivity contribution >= 4 is 41.2 Å². The molecular formula is C19H14N4O7. The molecular weight excluding hydrogens is 396 g/mol. The molecule has 11 nitrogen and oxygen atoms in total. The Bertz CT molecular complexity index is 1090. The molecule has 0 unspecified atom stereocenters. The fraction of sp³-hybridized carbons (Fsp3) is 0.0526. The number of rotatable bonds is 6. The number of barbiturate groups is 1. The highest BCUT2D eigenvalue weighted by atomic mass is 16.6. The van der Waals surface area contributed by atoms with E-state index in [2.05, 4.69) is 0 Å². The molecule has 152 valence electrons. The summed E-state index contributed by atoms with van der Waals surface area (Å²) in [5.74, 6) is -2.36. The van der Waals surface area contributed by atoms with Crippen LogP contribution in [-0.4, -0.2) is 35.3 Å². The van der Waals surface area contributed by atoms with E-state index in [4.69, 9.17) is 10.5 Å². The summed E-state index contributed by atoms with van der Waals surface area (Å²) < 4.78 is 5.27. The lowest BCUT2D eigenvalue weighted by Gasteiger charge is -2.26. The number of urea groups is 1. The molecule has 3 N–H and O–H groups in total. The molecule has 0 spiro atoms. The van der Waals surface area contributed by atoms with Gasteiger partial charge in [-0.25, -0.2) is 9.69 Å². The smallest absolute Gasteiger partial charge is 0.335 e. The van der Waals surface area contributed by atoms with Crippen molar-refractivity contribution in [1.82, 2.24) is 5.32 Å². The highest BCUT2D eigenvalue weighted by Gasteiger charge is 2.37. The molecule has 2 aromatic carbocycles. The number of non-ortho nitro benzene ring substituents is 1. The third kappa shape index (κ3) is 4.14. The van der Waals surface area contributed by atoms with Crippen LogP contribution < -0.4 is 20.7 Å². The molecule has 11 heteroatoms. The topological polar surface area (TPSA) is 162 Å². The first kappa shape index (κ1) is 20.2. The van der Waals surface area contributed by atoms with Crippen LogP contribution in [0, 0.1) is 10.1 Å². The van der Waals surface area contributed by atoms with Gasteiger partial charge >= 0.3 is 6.03 Å². The van der Waals surface area contributed by atoms with Gasteiger partial charge in [0.05, 0.1) is 10.6 Å². The minimum atomic E-state index is -0.991. The number of hydrogen-bond donors (Lipinski definition) is 2. The number of nitro groups is 1. The second-order valence-corrected chi connectivity index (χ2v) is 6.02. The maximum Gasteiger partial charge on any atom is 0.335 e. The van der Waals surface area contributed by atoms with Crippen molar-refractivity contribution in [1.29, 1.82) is 0 Å². The van der Waals surface area contributed by atoms with Crippen molar-refractivity contribution in [3.63, 3.8) is 0 Å². The van der Waals surface area contributed by atoms with Gasteiger partial charge < -0.3 is 10.5 Å². The molecule has 1 fully saturated rings. The van der Waals surface area contributed by atoms with E-state index < -0.39 is 35.3 Å². The van der Waals surface area contributed by atoms with E-state index in [-0.39, 0.29) is 22.7 Å². The van der Waals surface area contributed by atoms with Crippen LogP contribution in [-0.2, 0) is 14.4 Å². The van der Waals surface area contributed by atoms with E-state index in [9.17, 15) is 29.3 Å². The standard InChI is InChI=1S/C19H14N4O7/c20-16(24)10-30-15-4-2-1-3-11(15)9-14-17(25)21-19(27)22(18(14)26)12-5-7-13(8-6-12)23(28)29/h1-9H,10H2,(H2,20,24)(H,21,25,27)/b14-9+. The summed E-state index contributed by atoms with van der Waals surface area (Å²) in [6, 6.07) is 9.98. The summed E-state index contributed by atoms with van der Waals surface area (Å²) in [4.78, 5) is 59.2. The number of benzene rings is 2. The number of primary amides is 1. The number of para-hydroxylation sites is 1. The first-order valence-corrected chi connectivity index (χ1v) is 8.44. The molecule has 0 atom stereocenters. The van der Waals surface area contributed by atoms with Gasteiger partial charge in [-0.3, -0.25) is 29.8 Å². The molecule has 5 amide bonds. The Labute approximate surface area is 168 Å². The van der Waals surface area contributed by atoms with E-state index >= 15 is 0 Å². The third-order valence-electron chi connectivity index (χ3n) is 4.01. The fourth-order valence-electron chi connectivity index (χ4n) is 2.65. The molecule has 1 aliphatic rings. The van der Waals surface area contributed by atoms with Crippen LogP contribution in [0.5, 0.6) is 5.75 Å². The van der Waals surface area contributed by atoms with Crippen LogP contribution in [0.15, 0.2) is 54.1 Å². The van der Waals surface area contributed by atoms with E-state index in [1.54, 1.807) is 12.1 Å². The molecule has 0 aromatic heterocycles. The Hall–Kier alpha value is -4.54. The van der Waals surface area contributed by atoms with E-state index in [0.717, 1.165) is 12.1 Å². The number of carbonyl (C=O) groups is 4. The first-order chi connectivity index (χ1) is 14.3. The van der Waals surface area contributed by atoms with Gasteiger partial charge in [-0.1, -0.05) is 18.2 Å². The van der Waals surface area contributed by atoms with E-state index in [1.807, 2.05) is 5.32 Å². The second kappa shape index (κ2) is 8.22. The number of nitrogens with zero attached hydrogens (tertiary/aromatic N) is 2. The highest BCUT2D eigenvalue weighted by molar-refractivity contribution is 6.39. The Morgan fingerprint density at radius 3 is 2.43 bits per heavy atom. The molecule has 2 aromatic rings. The van der Waals surface area contributed by atoms with Gasteiger partial charge in [0.15, 0.2) is 6.61 Å². The number of nitrogens with one attached hydrogen (secondary N) is 1. The Morgan fingerprint density at radius 1 is 1.13 bits per heavy atom. The van der Waals surface area contributed by atoms with Crippen molar-refractivity contribution < 1.29 is 28.8 Å². The lowest BCUT2D eigenvalue weighted by molar-refractivity contribution is -0.384. The Kier molecular flexibility index (Phi) is 5.54. The number of carbonyl (C=O) groups excluding carboxylic acids is 4. The summed E-state index contributed by atoms with van der Waals surface area (Å²) in [5, 5.41) is 12.8. The molecule has 0 radical (unpaired) electrons. The summed E-state index contributed by atoms with van der Waals surface area (Å²) in [6.07, 6.45) is 1.21. The molecule has 1 aliphatic heterocycles. The average molecular weight is 410 g/mol. The van der Waals surface area contributed by atoms with E-state index in [1.165, 1.54) is 30.3 Å². The molecule has 0 saturated carbocycles. The largest absolute Gasteiger partial charge is 0.483 e. The molecule has 0 bridgehead atoms. The summed E-state index contributed by atoms with van der Waals surface area (Å²) in [5.41, 5.74) is 4.81. The molecule has 1 saturated heterocycles. The zero-order chi connectivity index (χ0) is 21.8. The fourth-order valence-corrected chi connectivity index (χ4v) is 2.65. The Balaban J connectivity index is 1.97. The quantitative estimate of drug-likeness (QED) is 0.312. The van der Waals surface area contributed by atoms with Gasteiger partial charge in [-0.05, 0) is 24.3 Å². The maximum atomic E-state index is 12.9. The lowest BCUT2D eigenvalue weighted by atomic mass is 10.1. The number of hydrogen-bond acceptors (Lipinski definition) is 7. The predicted molar refractivity (Wildman–Crippen MR) is 103 cm³/mol. The van der Waals surface area contributed by atoms with Gasteiger partial charge in [-0.15, -0.1) is 0 Å². The number of ether oxygens (including phenoxy) is 1. The monoisotopic (exact) mass is 410 g/mol. The summed E-state index contributed by atoms with van der Waals surface area (Å²) >= 11 is 0. The van der Waals surface area contributed by atoms with E-state index in [0.29, 0.717) is 10.5 Å². The first-order valence-electron chi connectivity index (χ1n) is 8.44. The highest BCUT2D eigenvalue weighted by Crippen LogP contribution is 2.26. The van der Waals surface area contributed by atoms with Crippen molar-refractivity contribution in [2.45, 2.75) is 0 Å². The summed E-state index contributed by atoms with van der Waals surface area (Å²) in [6.45, 7) is -0.409.